The van der Waals surface area contributed by atoms with Crippen LogP contribution in [0.3, 0.4) is 0 Å². The van der Waals surface area contributed by atoms with E-state index in [-0.39, 0.29) is 12.3 Å². The van der Waals surface area contributed by atoms with Crippen molar-refractivity contribution in [2.75, 3.05) is 13.7 Å². The molecule has 0 spiro atoms. The summed E-state index contributed by atoms with van der Waals surface area (Å²) in [6.07, 6.45) is -0.188. The van der Waals surface area contributed by atoms with Crippen molar-refractivity contribution in [3.63, 3.8) is 0 Å². The van der Waals surface area contributed by atoms with Crippen LogP contribution in [0.4, 0.5) is 0 Å². The van der Waals surface area contributed by atoms with Crippen molar-refractivity contribution in [3.05, 3.63) is 29.8 Å². The zero-order chi connectivity index (χ0) is 14.7. The molecule has 0 bridgehead atoms. The van der Waals surface area contributed by atoms with Gasteiger partial charge in [-0.2, -0.15) is 0 Å². The third-order valence-electron chi connectivity index (χ3n) is 3.72. The molecule has 2 rings (SSSR count). The summed E-state index contributed by atoms with van der Waals surface area (Å²) in [5, 5.41) is 21.1. The van der Waals surface area contributed by atoms with Crippen LogP contribution in [-0.4, -0.2) is 41.8 Å². The number of carboxylic acid groups (broad SMARTS) is 2. The Labute approximate surface area is 116 Å². The van der Waals surface area contributed by atoms with E-state index in [1.54, 1.807) is 13.2 Å². The molecule has 1 aliphatic rings. The third-order valence-corrected chi connectivity index (χ3v) is 3.72. The first-order chi connectivity index (χ1) is 9.54. The first-order valence-electron chi connectivity index (χ1n) is 6.35. The lowest BCUT2D eigenvalue weighted by Gasteiger charge is -2.22. The lowest BCUT2D eigenvalue weighted by Crippen LogP contribution is -2.36. The number of ether oxygens (including phenoxy) is 1. The lowest BCUT2D eigenvalue weighted by atomic mass is 9.82. The highest BCUT2D eigenvalue weighted by atomic mass is 16.5. The Balaban J connectivity index is 2.34. The van der Waals surface area contributed by atoms with Crippen LogP contribution < -0.4 is 10.1 Å². The van der Waals surface area contributed by atoms with Crippen LogP contribution >= 0.6 is 0 Å². The molecule has 0 amide bonds. The summed E-state index contributed by atoms with van der Waals surface area (Å²) in [5.74, 6) is -2.05. The maximum Gasteiger partial charge on any atom is 0.321 e. The first kappa shape index (κ1) is 14.3. The second kappa shape index (κ2) is 5.92. The van der Waals surface area contributed by atoms with E-state index in [0.717, 1.165) is 5.56 Å². The van der Waals surface area contributed by atoms with Gasteiger partial charge < -0.3 is 20.3 Å². The van der Waals surface area contributed by atoms with Crippen LogP contribution in [0.1, 0.15) is 17.9 Å². The fourth-order valence-corrected chi connectivity index (χ4v) is 2.83. The van der Waals surface area contributed by atoms with E-state index < -0.39 is 23.9 Å². The second-order valence-electron chi connectivity index (χ2n) is 4.83. The summed E-state index contributed by atoms with van der Waals surface area (Å²) >= 11 is 0. The minimum absolute atomic E-state index is 0.188. The van der Waals surface area contributed by atoms with Gasteiger partial charge in [-0.25, -0.2) is 0 Å². The summed E-state index contributed by atoms with van der Waals surface area (Å²) in [6.45, 7) is 0.426. The van der Waals surface area contributed by atoms with Gasteiger partial charge in [0, 0.05) is 18.4 Å². The predicted molar refractivity (Wildman–Crippen MR) is 70.9 cm³/mol. The Hall–Kier alpha value is -2.08. The third kappa shape index (κ3) is 2.75. The quantitative estimate of drug-likeness (QED) is 0.742. The van der Waals surface area contributed by atoms with Crippen LogP contribution in [0, 0.1) is 5.92 Å². The number of para-hydroxylation sites is 1. The van der Waals surface area contributed by atoms with Gasteiger partial charge in [0.05, 0.1) is 13.5 Å². The van der Waals surface area contributed by atoms with Crippen molar-refractivity contribution >= 4 is 11.9 Å². The molecule has 1 aromatic carbocycles. The van der Waals surface area contributed by atoms with Crippen molar-refractivity contribution < 1.29 is 24.5 Å². The number of aliphatic carboxylic acids is 2. The van der Waals surface area contributed by atoms with E-state index in [1.807, 2.05) is 18.2 Å². The molecule has 1 saturated heterocycles. The maximum atomic E-state index is 11.2. The molecule has 0 saturated carbocycles. The molecule has 6 heteroatoms. The summed E-state index contributed by atoms with van der Waals surface area (Å²) in [5.41, 5.74) is 0.845. The van der Waals surface area contributed by atoms with Crippen LogP contribution in [0.15, 0.2) is 24.3 Å². The van der Waals surface area contributed by atoms with Gasteiger partial charge in [0.15, 0.2) is 0 Å². The van der Waals surface area contributed by atoms with Gasteiger partial charge in [-0.3, -0.25) is 9.59 Å². The van der Waals surface area contributed by atoms with Crippen LogP contribution in [0.5, 0.6) is 5.75 Å². The monoisotopic (exact) mass is 279 g/mol. The topological polar surface area (TPSA) is 95.9 Å². The Morgan fingerprint density at radius 2 is 2.05 bits per heavy atom. The zero-order valence-corrected chi connectivity index (χ0v) is 11.1. The second-order valence-corrected chi connectivity index (χ2v) is 4.83. The van der Waals surface area contributed by atoms with E-state index in [4.69, 9.17) is 9.84 Å². The Morgan fingerprint density at radius 3 is 2.65 bits per heavy atom. The molecule has 6 nitrogen and oxygen atoms in total. The molecule has 1 aromatic rings. The lowest BCUT2D eigenvalue weighted by molar-refractivity contribution is -0.142. The Morgan fingerprint density at radius 1 is 1.35 bits per heavy atom. The zero-order valence-electron chi connectivity index (χ0n) is 11.1. The fourth-order valence-electron chi connectivity index (χ4n) is 2.83. The highest BCUT2D eigenvalue weighted by molar-refractivity contribution is 5.77. The van der Waals surface area contributed by atoms with Crippen molar-refractivity contribution in [1.29, 1.82) is 0 Å². The van der Waals surface area contributed by atoms with E-state index in [2.05, 4.69) is 5.32 Å². The molecular weight excluding hydrogens is 262 g/mol. The number of methoxy groups -OCH3 is 1. The maximum absolute atomic E-state index is 11.2. The van der Waals surface area contributed by atoms with Gasteiger partial charge in [0.25, 0.3) is 0 Å². The SMILES string of the molecule is COc1ccccc1[C@@H]1CN[C@@H](C(=O)O)[C@H]1CC(=O)O. The van der Waals surface area contributed by atoms with Crippen LogP contribution in [0.2, 0.25) is 0 Å². The standard InChI is InChI=1S/C14H17NO5/c1-20-11-5-3-2-4-8(11)10-7-15-13(14(18)19)9(10)6-12(16)17/h2-5,9-10,13,15H,6-7H2,1H3,(H,16,17)(H,18,19)/t9-,10-,13+/m0/s1. The van der Waals surface area contributed by atoms with Crippen molar-refractivity contribution in [2.24, 2.45) is 5.92 Å². The number of carboxylic acids is 2. The molecule has 108 valence electrons. The smallest absolute Gasteiger partial charge is 0.321 e. The molecule has 0 radical (unpaired) electrons. The van der Waals surface area contributed by atoms with Crippen molar-refractivity contribution in [2.45, 2.75) is 18.4 Å². The number of hydrogen-bond acceptors (Lipinski definition) is 4. The van der Waals surface area contributed by atoms with Gasteiger partial charge in [-0.1, -0.05) is 18.2 Å². The molecule has 3 N–H and O–H groups in total. The molecular formula is C14H17NO5. The average Bonchev–Trinajstić information content (AvgIpc) is 2.81. The van der Waals surface area contributed by atoms with E-state index >= 15 is 0 Å². The number of rotatable bonds is 5. The number of carbonyl (C=O) groups is 2. The summed E-state index contributed by atoms with van der Waals surface area (Å²) in [6, 6.07) is 6.46. The van der Waals surface area contributed by atoms with Crippen molar-refractivity contribution in [3.8, 4) is 5.75 Å². The predicted octanol–water partition coefficient (Wildman–Crippen LogP) is 0.926. The Kier molecular flexibility index (Phi) is 4.24. The van der Waals surface area contributed by atoms with Gasteiger partial charge in [0.2, 0.25) is 0 Å². The minimum Gasteiger partial charge on any atom is -0.496 e. The molecule has 20 heavy (non-hydrogen) atoms. The van der Waals surface area contributed by atoms with Gasteiger partial charge in [0.1, 0.15) is 11.8 Å². The highest BCUT2D eigenvalue weighted by Crippen LogP contribution is 2.38. The summed E-state index contributed by atoms with van der Waals surface area (Å²) in [4.78, 5) is 22.2. The minimum atomic E-state index is -1.02. The molecule has 1 fully saturated rings. The van der Waals surface area contributed by atoms with Gasteiger partial charge in [-0.15, -0.1) is 0 Å². The van der Waals surface area contributed by atoms with Crippen LogP contribution in [-0.2, 0) is 9.59 Å². The largest absolute Gasteiger partial charge is 0.496 e. The van der Waals surface area contributed by atoms with Gasteiger partial charge >= 0.3 is 11.9 Å². The number of hydrogen-bond donors (Lipinski definition) is 3. The van der Waals surface area contributed by atoms with Gasteiger partial charge in [-0.05, 0) is 11.6 Å². The number of benzene rings is 1. The normalized spacial score (nSPS) is 25.4. The van der Waals surface area contributed by atoms with Crippen molar-refractivity contribution in [1.82, 2.24) is 5.32 Å². The fraction of sp³-hybridized carbons (Fsp3) is 0.429. The molecule has 3 atom stereocenters. The molecule has 1 aliphatic heterocycles. The summed E-state index contributed by atoms with van der Waals surface area (Å²) < 4.78 is 5.28. The molecule has 0 aromatic heterocycles. The number of nitrogens with one attached hydrogen (secondary N) is 1. The Bertz CT molecular complexity index is 516. The van der Waals surface area contributed by atoms with E-state index in [1.165, 1.54) is 0 Å². The van der Waals surface area contributed by atoms with Crippen LogP contribution in [0.25, 0.3) is 0 Å². The molecule has 0 aliphatic carbocycles. The highest BCUT2D eigenvalue weighted by Gasteiger charge is 2.42. The molecule has 1 heterocycles. The van der Waals surface area contributed by atoms with E-state index in [9.17, 15) is 14.7 Å². The first-order valence-corrected chi connectivity index (χ1v) is 6.35. The average molecular weight is 279 g/mol. The van der Waals surface area contributed by atoms with E-state index in [0.29, 0.717) is 12.3 Å². The molecule has 0 unspecified atom stereocenters. The summed E-state index contributed by atoms with van der Waals surface area (Å²) in [7, 11) is 1.54.